The third-order valence-corrected chi connectivity index (χ3v) is 7.08. The van der Waals surface area contributed by atoms with E-state index in [0.717, 1.165) is 44.1 Å². The molecule has 1 aromatic heterocycles. The van der Waals surface area contributed by atoms with Crippen molar-refractivity contribution in [2.45, 2.75) is 76.5 Å². The summed E-state index contributed by atoms with van der Waals surface area (Å²) in [4.78, 5) is 28.5. The van der Waals surface area contributed by atoms with Crippen LogP contribution in [0.15, 0.2) is 30.3 Å². The van der Waals surface area contributed by atoms with Crippen LogP contribution in [0.2, 0.25) is 0 Å². The SMILES string of the molecule is CNC(C)C(=O)N[C@H](C(=O)N1CCC[C@H]1c1nnnn1Cc1ccccc1)C1CCCCC1. The number of carbonyl (C=O) groups is 2. The number of amides is 2. The Balaban J connectivity index is 1.55. The third kappa shape index (κ3) is 5.40. The van der Waals surface area contributed by atoms with Crippen molar-refractivity contribution in [3.63, 3.8) is 0 Å². The second-order valence-electron chi connectivity index (χ2n) is 9.26. The summed E-state index contributed by atoms with van der Waals surface area (Å²) in [6.07, 6.45) is 7.05. The lowest BCUT2D eigenvalue weighted by Gasteiger charge is -2.35. The molecule has 0 radical (unpaired) electrons. The normalized spacial score (nSPS) is 21.0. The highest BCUT2D eigenvalue weighted by atomic mass is 16.2. The fourth-order valence-electron chi connectivity index (χ4n) is 5.05. The zero-order chi connectivity index (χ0) is 23.2. The maximum absolute atomic E-state index is 13.9. The number of likely N-dealkylation sites (N-methyl/N-ethyl adjacent to an activating group) is 1. The molecule has 1 saturated heterocycles. The minimum absolute atomic E-state index is 0.00434. The van der Waals surface area contributed by atoms with Crippen LogP contribution in [-0.2, 0) is 16.1 Å². The van der Waals surface area contributed by atoms with Crippen molar-refractivity contribution in [3.05, 3.63) is 41.7 Å². The summed E-state index contributed by atoms with van der Waals surface area (Å²) in [5.41, 5.74) is 1.11. The van der Waals surface area contributed by atoms with Crippen LogP contribution in [0.5, 0.6) is 0 Å². The first-order valence-corrected chi connectivity index (χ1v) is 12.2. The van der Waals surface area contributed by atoms with Gasteiger partial charge in [0.2, 0.25) is 11.8 Å². The molecule has 1 aliphatic heterocycles. The number of carbonyl (C=O) groups excluding carboxylic acids is 2. The Kier molecular flexibility index (Phi) is 7.69. The van der Waals surface area contributed by atoms with Gasteiger partial charge in [-0.15, -0.1) is 5.10 Å². The zero-order valence-corrected chi connectivity index (χ0v) is 19.6. The molecule has 3 atom stereocenters. The first-order valence-electron chi connectivity index (χ1n) is 12.2. The van der Waals surface area contributed by atoms with Crippen molar-refractivity contribution < 1.29 is 9.59 Å². The smallest absolute Gasteiger partial charge is 0.246 e. The van der Waals surface area contributed by atoms with E-state index in [2.05, 4.69) is 26.2 Å². The number of likely N-dealkylation sites (tertiary alicyclic amines) is 1. The van der Waals surface area contributed by atoms with Gasteiger partial charge in [-0.05, 0) is 61.6 Å². The van der Waals surface area contributed by atoms with Crippen molar-refractivity contribution >= 4 is 11.8 Å². The van der Waals surface area contributed by atoms with Crippen molar-refractivity contribution in [1.29, 1.82) is 0 Å². The third-order valence-electron chi connectivity index (χ3n) is 7.08. The minimum atomic E-state index is -0.507. The summed E-state index contributed by atoms with van der Waals surface area (Å²) >= 11 is 0. The summed E-state index contributed by atoms with van der Waals surface area (Å²) < 4.78 is 1.79. The Bertz CT molecular complexity index is 926. The van der Waals surface area contributed by atoms with Crippen LogP contribution < -0.4 is 10.6 Å². The Morgan fingerprint density at radius 3 is 2.58 bits per heavy atom. The number of tetrazole rings is 1. The van der Waals surface area contributed by atoms with Gasteiger partial charge in [0.15, 0.2) is 5.82 Å². The lowest BCUT2D eigenvalue weighted by Crippen LogP contribution is -2.55. The number of benzene rings is 1. The van der Waals surface area contributed by atoms with E-state index in [-0.39, 0.29) is 29.8 Å². The number of nitrogens with zero attached hydrogens (tertiary/aromatic N) is 5. The lowest BCUT2D eigenvalue weighted by atomic mass is 9.83. The fraction of sp³-hybridized carbons (Fsp3) is 0.625. The largest absolute Gasteiger partial charge is 0.343 e. The number of rotatable bonds is 8. The van der Waals surface area contributed by atoms with Gasteiger partial charge in [-0.1, -0.05) is 49.6 Å². The zero-order valence-electron chi connectivity index (χ0n) is 19.6. The summed E-state index contributed by atoms with van der Waals surface area (Å²) in [6, 6.07) is 9.02. The van der Waals surface area contributed by atoms with E-state index in [1.165, 1.54) is 6.42 Å². The maximum Gasteiger partial charge on any atom is 0.246 e. The molecule has 1 saturated carbocycles. The number of hydrogen-bond acceptors (Lipinski definition) is 6. The van der Waals surface area contributed by atoms with Gasteiger partial charge in [0.05, 0.1) is 18.6 Å². The Morgan fingerprint density at radius 1 is 1.09 bits per heavy atom. The number of hydrogen-bond donors (Lipinski definition) is 2. The molecule has 1 aliphatic carbocycles. The summed E-state index contributed by atoms with van der Waals surface area (Å²) in [6.45, 7) is 3.03. The van der Waals surface area contributed by atoms with Crippen LogP contribution in [0.25, 0.3) is 0 Å². The molecule has 2 aromatic rings. The van der Waals surface area contributed by atoms with Gasteiger partial charge in [0.25, 0.3) is 0 Å². The number of aromatic nitrogens is 4. The first-order chi connectivity index (χ1) is 16.1. The lowest BCUT2D eigenvalue weighted by molar-refractivity contribution is -0.139. The molecule has 4 rings (SSSR count). The van der Waals surface area contributed by atoms with Crippen molar-refractivity contribution in [2.24, 2.45) is 5.92 Å². The molecule has 0 bridgehead atoms. The van der Waals surface area contributed by atoms with Gasteiger partial charge < -0.3 is 15.5 Å². The van der Waals surface area contributed by atoms with Crippen LogP contribution in [0, 0.1) is 5.92 Å². The van der Waals surface area contributed by atoms with Crippen LogP contribution in [0.3, 0.4) is 0 Å². The molecular formula is C24H35N7O2. The summed E-state index contributed by atoms with van der Waals surface area (Å²) in [7, 11) is 1.75. The highest BCUT2D eigenvalue weighted by Crippen LogP contribution is 2.34. The Hall–Kier alpha value is -2.81. The predicted octanol–water partition coefficient (Wildman–Crippen LogP) is 2.06. The van der Waals surface area contributed by atoms with Gasteiger partial charge in [-0.3, -0.25) is 9.59 Å². The Labute approximate surface area is 195 Å². The predicted molar refractivity (Wildman–Crippen MR) is 124 cm³/mol. The monoisotopic (exact) mass is 453 g/mol. The van der Waals surface area contributed by atoms with Crippen LogP contribution in [-0.4, -0.2) is 62.6 Å². The molecule has 1 aromatic carbocycles. The van der Waals surface area contributed by atoms with Gasteiger partial charge in [0.1, 0.15) is 6.04 Å². The van der Waals surface area contributed by atoms with E-state index in [4.69, 9.17) is 0 Å². The molecular weight excluding hydrogens is 418 g/mol. The van der Waals surface area contributed by atoms with Crippen LogP contribution in [0.4, 0.5) is 0 Å². The molecule has 33 heavy (non-hydrogen) atoms. The molecule has 2 heterocycles. The van der Waals surface area contributed by atoms with E-state index >= 15 is 0 Å². The maximum atomic E-state index is 13.9. The van der Waals surface area contributed by atoms with Crippen molar-refractivity contribution in [3.8, 4) is 0 Å². The van der Waals surface area contributed by atoms with E-state index in [9.17, 15) is 9.59 Å². The Morgan fingerprint density at radius 2 is 1.85 bits per heavy atom. The van der Waals surface area contributed by atoms with E-state index in [1.54, 1.807) is 11.7 Å². The molecule has 178 valence electrons. The quantitative estimate of drug-likeness (QED) is 0.634. The molecule has 0 spiro atoms. The van der Waals surface area contributed by atoms with Gasteiger partial charge >= 0.3 is 0 Å². The van der Waals surface area contributed by atoms with Crippen molar-refractivity contribution in [2.75, 3.05) is 13.6 Å². The van der Waals surface area contributed by atoms with Crippen LogP contribution >= 0.6 is 0 Å². The van der Waals surface area contributed by atoms with Gasteiger partial charge in [0, 0.05) is 6.54 Å². The molecule has 2 fully saturated rings. The minimum Gasteiger partial charge on any atom is -0.343 e. The fourth-order valence-corrected chi connectivity index (χ4v) is 5.05. The first kappa shape index (κ1) is 23.4. The van der Waals surface area contributed by atoms with E-state index in [0.29, 0.717) is 18.9 Å². The summed E-state index contributed by atoms with van der Waals surface area (Å²) in [5, 5.41) is 18.5. The average molecular weight is 454 g/mol. The average Bonchev–Trinajstić information content (AvgIpc) is 3.52. The number of nitrogens with one attached hydrogen (secondary N) is 2. The molecule has 2 N–H and O–H groups in total. The molecule has 1 unspecified atom stereocenters. The molecule has 2 amide bonds. The van der Waals surface area contributed by atoms with E-state index < -0.39 is 6.04 Å². The molecule has 9 nitrogen and oxygen atoms in total. The van der Waals surface area contributed by atoms with Crippen LogP contribution in [0.1, 0.15) is 69.3 Å². The standard InChI is InChI=1S/C24H35N7O2/c1-17(25-2)23(32)26-21(19-12-7-4-8-13-19)24(33)30-15-9-14-20(30)22-27-28-29-31(22)16-18-10-5-3-6-11-18/h3,5-6,10-11,17,19-21,25H,4,7-9,12-16H2,1-2H3,(H,26,32)/t17?,20-,21-/m0/s1. The highest BCUT2D eigenvalue weighted by molar-refractivity contribution is 5.90. The van der Waals surface area contributed by atoms with Gasteiger partial charge in [-0.2, -0.15) is 0 Å². The van der Waals surface area contributed by atoms with Gasteiger partial charge in [-0.25, -0.2) is 4.68 Å². The molecule has 2 aliphatic rings. The second-order valence-corrected chi connectivity index (χ2v) is 9.26. The highest BCUT2D eigenvalue weighted by Gasteiger charge is 2.40. The van der Waals surface area contributed by atoms with Crippen molar-refractivity contribution in [1.82, 2.24) is 35.7 Å². The topological polar surface area (TPSA) is 105 Å². The van der Waals surface area contributed by atoms with E-state index in [1.807, 2.05) is 42.2 Å². The second kappa shape index (κ2) is 10.9. The molecule has 9 heteroatoms. The summed E-state index contributed by atoms with van der Waals surface area (Å²) in [5.74, 6) is 0.740.